The molecular weight excluding hydrogens is 319 g/mol. The number of hydrogen-bond donors (Lipinski definition) is 0. The molecule has 3 rings (SSSR count). The Kier molecular flexibility index (Phi) is 3.10. The Morgan fingerprint density at radius 3 is 2.06 bits per heavy atom. The molecule has 0 unspecified atom stereocenters. The third kappa shape index (κ3) is 2.50. The molecule has 17 heavy (non-hydrogen) atoms. The van der Waals surface area contributed by atoms with Crippen molar-refractivity contribution in [2.24, 2.45) is 0 Å². The molecule has 0 aliphatic heterocycles. The molecule has 0 fully saturated rings. The maximum absolute atomic E-state index is 2.33. The molecule has 0 radical (unpaired) electrons. The molecule has 0 spiro atoms. The number of rotatable bonds is 2. The van der Waals surface area contributed by atoms with Crippen molar-refractivity contribution in [3.63, 3.8) is 0 Å². The first-order chi connectivity index (χ1) is 8.42. The molecule has 0 aliphatic rings. The van der Waals surface area contributed by atoms with E-state index in [2.05, 4.69) is 72.8 Å². The van der Waals surface area contributed by atoms with Crippen LogP contribution in [0.4, 0.5) is 0 Å². The summed E-state index contributed by atoms with van der Waals surface area (Å²) in [5, 5.41) is 2.67. The van der Waals surface area contributed by atoms with Gasteiger partial charge in [0.25, 0.3) is 0 Å². The van der Waals surface area contributed by atoms with E-state index in [9.17, 15) is 0 Å². The third-order valence-electron chi connectivity index (χ3n) is 2.66. The average molecular weight is 331 g/mol. The molecule has 0 N–H and O–H groups in total. The molecule has 3 aromatic carbocycles. The Balaban J connectivity index is 1.96. The topological polar surface area (TPSA) is 0 Å². The van der Waals surface area contributed by atoms with E-state index >= 15 is 0 Å². The van der Waals surface area contributed by atoms with Crippen LogP contribution in [0, 0.1) is 7.14 Å². The van der Waals surface area contributed by atoms with Gasteiger partial charge in [0.2, 0.25) is 0 Å². The number of benzene rings is 3. The summed E-state index contributed by atoms with van der Waals surface area (Å²) >= 11 is -0.0462. The van der Waals surface area contributed by atoms with E-state index in [0.29, 0.717) is 0 Å². The zero-order chi connectivity index (χ0) is 11.5. The Morgan fingerprint density at radius 1 is 0.529 bits per heavy atom. The Morgan fingerprint density at radius 2 is 1.24 bits per heavy atom. The first-order valence-corrected chi connectivity index (χ1v) is 7.76. The fraction of sp³-hybridized carbons (Fsp3) is 0. The van der Waals surface area contributed by atoms with Gasteiger partial charge in [-0.05, 0) is 0 Å². The average Bonchev–Trinajstić information content (AvgIpc) is 2.40. The second-order valence-corrected chi connectivity index (χ2v) is 6.91. The summed E-state index contributed by atoms with van der Waals surface area (Å²) in [4.78, 5) is 0. The third-order valence-corrected chi connectivity index (χ3v) is 5.30. The van der Waals surface area contributed by atoms with Gasteiger partial charge in [-0.2, -0.15) is 0 Å². The van der Waals surface area contributed by atoms with Gasteiger partial charge in [0.15, 0.2) is 0 Å². The van der Waals surface area contributed by atoms with Gasteiger partial charge in [0.1, 0.15) is 0 Å². The van der Waals surface area contributed by atoms with Gasteiger partial charge in [0, 0.05) is 0 Å². The van der Waals surface area contributed by atoms with Gasteiger partial charge in [-0.15, -0.1) is 0 Å². The molecule has 0 heterocycles. The number of hydrogen-bond acceptors (Lipinski definition) is 0. The summed E-state index contributed by atoms with van der Waals surface area (Å²) in [7, 11) is 0. The van der Waals surface area contributed by atoms with Crippen LogP contribution in [0.25, 0.3) is 10.8 Å². The molecule has 0 saturated heterocycles. The standard InChI is InChI=1S/C16H12I/c1-2-8-15(9-3-1)17-16-11-10-13-6-4-5-7-14(13)12-16/h1-12H/q-1. The molecule has 3 aromatic rings. The van der Waals surface area contributed by atoms with Gasteiger partial charge in [0.05, 0.1) is 0 Å². The Bertz CT molecular complexity index is 629. The van der Waals surface area contributed by atoms with Crippen LogP contribution < -0.4 is 21.2 Å². The maximum atomic E-state index is 2.33. The molecule has 0 bridgehead atoms. The summed E-state index contributed by atoms with van der Waals surface area (Å²) in [6.07, 6.45) is 0. The zero-order valence-electron chi connectivity index (χ0n) is 9.31. The zero-order valence-corrected chi connectivity index (χ0v) is 11.5. The molecule has 0 aromatic heterocycles. The van der Waals surface area contributed by atoms with Crippen LogP contribution in [0.5, 0.6) is 0 Å². The summed E-state index contributed by atoms with van der Waals surface area (Å²) in [5.74, 6) is 0. The molecule has 1 heteroatoms. The summed E-state index contributed by atoms with van der Waals surface area (Å²) in [5.41, 5.74) is 0. The van der Waals surface area contributed by atoms with E-state index in [1.165, 1.54) is 17.9 Å². The van der Waals surface area contributed by atoms with Crippen molar-refractivity contribution in [3.8, 4) is 0 Å². The second-order valence-electron chi connectivity index (χ2n) is 3.88. The van der Waals surface area contributed by atoms with Gasteiger partial charge in [-0.3, -0.25) is 0 Å². The molecule has 84 valence electrons. The summed E-state index contributed by atoms with van der Waals surface area (Å²) in [6, 6.07) is 26.1. The van der Waals surface area contributed by atoms with E-state index in [4.69, 9.17) is 0 Å². The fourth-order valence-corrected chi connectivity index (χ4v) is 4.17. The van der Waals surface area contributed by atoms with E-state index in [1.807, 2.05) is 0 Å². The van der Waals surface area contributed by atoms with Gasteiger partial charge < -0.3 is 0 Å². The van der Waals surface area contributed by atoms with E-state index in [0.717, 1.165) is 0 Å². The molecule has 0 nitrogen and oxygen atoms in total. The fourth-order valence-electron chi connectivity index (χ4n) is 1.82. The molecule has 0 amide bonds. The van der Waals surface area contributed by atoms with Crippen molar-refractivity contribution < 1.29 is 21.2 Å². The first kappa shape index (κ1) is 10.8. The summed E-state index contributed by atoms with van der Waals surface area (Å²) < 4.78 is 2.95. The number of halogens is 1. The number of fused-ring (bicyclic) bond motifs is 1. The molecule has 0 saturated carbocycles. The van der Waals surface area contributed by atoms with Gasteiger partial charge in [-0.25, -0.2) is 0 Å². The van der Waals surface area contributed by atoms with E-state index in [1.54, 1.807) is 0 Å². The van der Waals surface area contributed by atoms with E-state index < -0.39 is 0 Å². The monoisotopic (exact) mass is 331 g/mol. The predicted molar refractivity (Wildman–Crippen MR) is 67.8 cm³/mol. The summed E-state index contributed by atoms with van der Waals surface area (Å²) in [6.45, 7) is 0. The van der Waals surface area contributed by atoms with Crippen LogP contribution in [0.1, 0.15) is 0 Å². The minimum absolute atomic E-state index is 0.0462. The van der Waals surface area contributed by atoms with Crippen LogP contribution >= 0.6 is 0 Å². The second kappa shape index (κ2) is 4.88. The molecule has 0 aliphatic carbocycles. The van der Waals surface area contributed by atoms with Crippen molar-refractivity contribution in [1.29, 1.82) is 0 Å². The normalized spacial score (nSPS) is 10.8. The van der Waals surface area contributed by atoms with Crippen molar-refractivity contribution in [2.45, 2.75) is 0 Å². The van der Waals surface area contributed by atoms with Crippen molar-refractivity contribution >= 4 is 10.8 Å². The van der Waals surface area contributed by atoms with Crippen LogP contribution in [0.3, 0.4) is 0 Å². The SMILES string of the molecule is c1ccc([I-]c2ccc3ccccc3c2)cc1. The first-order valence-electron chi connectivity index (χ1n) is 5.60. The van der Waals surface area contributed by atoms with Crippen molar-refractivity contribution in [2.75, 3.05) is 0 Å². The quantitative estimate of drug-likeness (QED) is 0.614. The minimum atomic E-state index is -0.0462. The van der Waals surface area contributed by atoms with Crippen LogP contribution in [-0.4, -0.2) is 0 Å². The van der Waals surface area contributed by atoms with Crippen LogP contribution in [0.15, 0.2) is 72.8 Å². The van der Waals surface area contributed by atoms with Crippen LogP contribution in [0.2, 0.25) is 0 Å². The molecule has 0 atom stereocenters. The van der Waals surface area contributed by atoms with Gasteiger partial charge in [-0.1, -0.05) is 0 Å². The Hall–Kier alpha value is -1.35. The molecular formula is C16H12I-. The van der Waals surface area contributed by atoms with Crippen molar-refractivity contribution in [3.05, 3.63) is 79.9 Å². The Labute approximate surface area is 112 Å². The van der Waals surface area contributed by atoms with E-state index in [-0.39, 0.29) is 21.2 Å². The van der Waals surface area contributed by atoms with Crippen molar-refractivity contribution in [1.82, 2.24) is 0 Å². The van der Waals surface area contributed by atoms with Gasteiger partial charge >= 0.3 is 112 Å². The predicted octanol–water partition coefficient (Wildman–Crippen LogP) is 0.968. The van der Waals surface area contributed by atoms with Crippen LogP contribution in [-0.2, 0) is 0 Å².